The van der Waals surface area contributed by atoms with Crippen LogP contribution in [0, 0.1) is 17.8 Å². The molecule has 2 unspecified atom stereocenters. The van der Waals surface area contributed by atoms with Crippen LogP contribution in [0.25, 0.3) is 10.9 Å². The summed E-state index contributed by atoms with van der Waals surface area (Å²) >= 11 is 3.68. The van der Waals surface area contributed by atoms with Gasteiger partial charge in [0, 0.05) is 29.1 Å². The molecule has 1 fully saturated rings. The van der Waals surface area contributed by atoms with Crippen molar-refractivity contribution in [2.24, 2.45) is 17.8 Å². The first-order valence-electron chi connectivity index (χ1n) is 11.7. The monoisotopic (exact) mass is 508 g/mol. The summed E-state index contributed by atoms with van der Waals surface area (Å²) in [5.74, 6) is 1.97. The van der Waals surface area contributed by atoms with Crippen LogP contribution in [0.1, 0.15) is 37.0 Å². The molecule has 33 heavy (non-hydrogen) atoms. The lowest BCUT2D eigenvalue weighted by Crippen LogP contribution is -2.40. The second kappa shape index (κ2) is 10.8. The number of para-hydroxylation sites is 1. The van der Waals surface area contributed by atoms with E-state index in [2.05, 4.69) is 63.6 Å². The number of hydrogen-bond donors (Lipinski definition) is 1. The van der Waals surface area contributed by atoms with Crippen molar-refractivity contribution in [1.29, 1.82) is 0 Å². The zero-order valence-electron chi connectivity index (χ0n) is 19.5. The van der Waals surface area contributed by atoms with Crippen molar-refractivity contribution in [2.75, 3.05) is 20.2 Å². The van der Waals surface area contributed by atoms with Crippen LogP contribution in [0.5, 0.6) is 5.75 Å². The highest BCUT2D eigenvalue weighted by Crippen LogP contribution is 2.37. The third-order valence-electron chi connectivity index (χ3n) is 7.06. The lowest BCUT2D eigenvalue weighted by molar-refractivity contribution is 0.0721. The van der Waals surface area contributed by atoms with Crippen molar-refractivity contribution in [3.8, 4) is 5.75 Å². The Labute approximate surface area is 205 Å². The van der Waals surface area contributed by atoms with Gasteiger partial charge in [-0.1, -0.05) is 47.1 Å². The topological polar surface area (TPSA) is 45.6 Å². The predicted octanol–water partition coefficient (Wildman–Crippen LogP) is 6.39. The molecule has 0 bridgehead atoms. The fourth-order valence-corrected chi connectivity index (χ4v) is 5.51. The van der Waals surface area contributed by atoms with Gasteiger partial charge in [-0.25, -0.2) is 0 Å². The molecule has 4 rings (SSSR count). The summed E-state index contributed by atoms with van der Waals surface area (Å²) in [6, 6.07) is 16.1. The number of halogens is 1. The maximum absolute atomic E-state index is 11.2. The number of nitrogens with zero attached hydrogens (tertiary/aromatic N) is 2. The van der Waals surface area contributed by atoms with E-state index in [0.717, 1.165) is 59.2 Å². The minimum absolute atomic E-state index is 0.155. The largest absolute Gasteiger partial charge is 0.497 e. The molecule has 1 N–H and O–H groups in total. The van der Waals surface area contributed by atoms with Gasteiger partial charge in [0.15, 0.2) is 0 Å². The summed E-state index contributed by atoms with van der Waals surface area (Å²) in [6.45, 7) is 9.22. The zero-order chi connectivity index (χ0) is 23.4. The van der Waals surface area contributed by atoms with Gasteiger partial charge in [-0.2, -0.15) is 0 Å². The normalized spacial score (nSPS) is 21.0. The highest BCUT2D eigenvalue weighted by molar-refractivity contribution is 9.10. The molecule has 1 saturated heterocycles. The number of benzene rings is 2. The number of likely N-dealkylation sites (tertiary alicyclic amines) is 1. The summed E-state index contributed by atoms with van der Waals surface area (Å²) in [5, 5.41) is 12.3. The number of methoxy groups -OCH3 is 1. The Morgan fingerprint density at radius 3 is 2.88 bits per heavy atom. The summed E-state index contributed by atoms with van der Waals surface area (Å²) in [4.78, 5) is 6.94. The lowest BCUT2D eigenvalue weighted by atomic mass is 9.77. The number of aliphatic hydroxyl groups is 1. The highest BCUT2D eigenvalue weighted by atomic mass is 79.9. The highest BCUT2D eigenvalue weighted by Gasteiger charge is 2.31. The molecule has 174 valence electrons. The zero-order valence-corrected chi connectivity index (χ0v) is 21.0. The summed E-state index contributed by atoms with van der Waals surface area (Å²) in [6.07, 6.45) is 5.49. The van der Waals surface area contributed by atoms with Crippen molar-refractivity contribution < 1.29 is 9.84 Å². The first-order valence-corrected chi connectivity index (χ1v) is 12.5. The van der Waals surface area contributed by atoms with Gasteiger partial charge in [-0.3, -0.25) is 9.88 Å². The summed E-state index contributed by atoms with van der Waals surface area (Å²) < 4.78 is 6.52. The minimum atomic E-state index is -0.505. The third kappa shape index (κ3) is 5.48. The first kappa shape index (κ1) is 23.9. The van der Waals surface area contributed by atoms with Crippen LogP contribution in [-0.4, -0.2) is 35.2 Å². The van der Waals surface area contributed by atoms with Crippen LogP contribution in [0.2, 0.25) is 0 Å². The van der Waals surface area contributed by atoms with Gasteiger partial charge in [0.25, 0.3) is 0 Å². The van der Waals surface area contributed by atoms with Gasteiger partial charge in [-0.15, -0.1) is 6.58 Å². The van der Waals surface area contributed by atoms with E-state index in [9.17, 15) is 5.11 Å². The first-order chi connectivity index (χ1) is 16.0. The smallest absolute Gasteiger partial charge is 0.119 e. The van der Waals surface area contributed by atoms with Gasteiger partial charge in [-0.05, 0) is 78.6 Å². The number of hydrogen-bond acceptors (Lipinski definition) is 4. The molecular weight excluding hydrogens is 476 g/mol. The molecule has 1 aliphatic heterocycles. The van der Waals surface area contributed by atoms with Crippen LogP contribution in [-0.2, 0) is 6.54 Å². The van der Waals surface area contributed by atoms with Crippen LogP contribution >= 0.6 is 15.9 Å². The Balaban J connectivity index is 1.41. The van der Waals surface area contributed by atoms with E-state index in [0.29, 0.717) is 11.8 Å². The maximum Gasteiger partial charge on any atom is 0.119 e. The molecule has 0 radical (unpaired) electrons. The van der Waals surface area contributed by atoms with Gasteiger partial charge >= 0.3 is 0 Å². The third-order valence-corrected chi connectivity index (χ3v) is 7.83. The molecule has 4 atom stereocenters. The van der Waals surface area contributed by atoms with Crippen molar-refractivity contribution >= 4 is 26.8 Å². The Kier molecular flexibility index (Phi) is 7.84. The predicted molar refractivity (Wildman–Crippen MR) is 138 cm³/mol. The molecular formula is C28H33BrN2O2. The van der Waals surface area contributed by atoms with E-state index in [1.165, 1.54) is 5.56 Å². The van der Waals surface area contributed by atoms with Gasteiger partial charge in [0.2, 0.25) is 0 Å². The number of aliphatic hydroxyl groups excluding tert-OH is 1. The molecule has 2 aromatic carbocycles. The molecule has 1 aromatic heterocycles. The van der Waals surface area contributed by atoms with Crippen LogP contribution in [0.15, 0.2) is 71.9 Å². The van der Waals surface area contributed by atoms with E-state index < -0.39 is 6.10 Å². The average molecular weight is 509 g/mol. The van der Waals surface area contributed by atoms with Crippen molar-refractivity contribution in [3.05, 3.63) is 83.0 Å². The number of rotatable bonds is 8. The average Bonchev–Trinajstić information content (AvgIpc) is 2.85. The van der Waals surface area contributed by atoms with Crippen molar-refractivity contribution in [3.63, 3.8) is 0 Å². The van der Waals surface area contributed by atoms with Crippen LogP contribution in [0.4, 0.5) is 0 Å². The molecule has 4 nitrogen and oxygen atoms in total. The molecule has 0 spiro atoms. The fraction of sp³-hybridized carbons (Fsp3) is 0.393. The number of ether oxygens (including phenoxy) is 1. The number of piperidine rings is 1. The standard InChI is InChI=1S/C28H33BrN2O2/c1-4-20-17-31(18-22-16-23(33-3)9-10-26(22)29)14-12-21(20)15-19(2)28(32)25-11-13-30-27-8-6-5-7-24(25)27/h4-11,13,16,19-21,28,32H,1,12,14-15,17-18H2,2-3H3/t19?,20-,21?,28-/m1/s1. The van der Waals surface area contributed by atoms with Crippen LogP contribution < -0.4 is 4.74 Å². The molecule has 0 amide bonds. The molecule has 5 heteroatoms. The summed E-state index contributed by atoms with van der Waals surface area (Å²) in [5.41, 5.74) is 3.15. The van der Waals surface area contributed by atoms with Gasteiger partial charge in [0.1, 0.15) is 5.75 Å². The Hall–Kier alpha value is -2.21. The van der Waals surface area contributed by atoms with E-state index in [1.54, 1.807) is 13.3 Å². The quantitative estimate of drug-likeness (QED) is 0.358. The molecule has 0 saturated carbocycles. The van der Waals surface area contributed by atoms with Crippen molar-refractivity contribution in [1.82, 2.24) is 9.88 Å². The summed E-state index contributed by atoms with van der Waals surface area (Å²) in [7, 11) is 1.70. The lowest BCUT2D eigenvalue weighted by Gasteiger charge is -2.39. The Bertz CT molecular complexity index is 1100. The van der Waals surface area contributed by atoms with Crippen molar-refractivity contribution in [2.45, 2.75) is 32.4 Å². The maximum atomic E-state index is 11.2. The SMILES string of the molecule is C=C[C@@H]1CN(Cc2cc(OC)ccc2Br)CCC1CC(C)[C@@H](O)c1ccnc2ccccc12. The number of aromatic nitrogens is 1. The van der Waals surface area contributed by atoms with Gasteiger partial charge in [0.05, 0.1) is 18.7 Å². The van der Waals surface area contributed by atoms with E-state index >= 15 is 0 Å². The van der Waals surface area contributed by atoms with E-state index in [1.807, 2.05) is 30.3 Å². The van der Waals surface area contributed by atoms with E-state index in [4.69, 9.17) is 4.74 Å². The second-order valence-electron chi connectivity index (χ2n) is 9.22. The second-order valence-corrected chi connectivity index (χ2v) is 10.1. The molecule has 0 aliphatic carbocycles. The molecule has 3 aromatic rings. The number of pyridine rings is 1. The molecule has 1 aliphatic rings. The fourth-order valence-electron chi connectivity index (χ4n) is 5.13. The van der Waals surface area contributed by atoms with Gasteiger partial charge < -0.3 is 9.84 Å². The Morgan fingerprint density at radius 1 is 1.27 bits per heavy atom. The number of fused-ring (bicyclic) bond motifs is 1. The molecule has 2 heterocycles. The van der Waals surface area contributed by atoms with E-state index in [-0.39, 0.29) is 5.92 Å². The minimum Gasteiger partial charge on any atom is -0.497 e. The van der Waals surface area contributed by atoms with Crippen LogP contribution in [0.3, 0.4) is 0 Å². The Morgan fingerprint density at radius 2 is 2.09 bits per heavy atom.